The van der Waals surface area contributed by atoms with Crippen LogP contribution in [0.1, 0.15) is 44.2 Å². The highest BCUT2D eigenvalue weighted by Crippen LogP contribution is 2.18. The van der Waals surface area contributed by atoms with Crippen LogP contribution in [-0.2, 0) is 4.79 Å². The predicted molar refractivity (Wildman–Crippen MR) is 93.2 cm³/mol. The largest absolute Gasteiger partial charge is 0.349 e. The molecule has 0 radical (unpaired) electrons. The molecule has 1 aromatic heterocycles. The molecule has 0 aromatic carbocycles. The van der Waals surface area contributed by atoms with Crippen LogP contribution in [0.15, 0.2) is 24.5 Å². The molecule has 0 saturated carbocycles. The van der Waals surface area contributed by atoms with Gasteiger partial charge < -0.3 is 15.1 Å². The first-order valence-corrected chi connectivity index (χ1v) is 8.79. The Bertz CT molecular complexity index is 457. The number of rotatable bonds is 8. The predicted octanol–water partition coefficient (Wildman–Crippen LogP) is 2.07. The van der Waals surface area contributed by atoms with E-state index in [1.54, 1.807) is 6.20 Å². The number of likely N-dealkylation sites (N-methyl/N-ethyl adjacent to an activating group) is 1. The van der Waals surface area contributed by atoms with Crippen LogP contribution in [-0.4, -0.2) is 60.5 Å². The number of nitrogens with one attached hydrogen (secondary N) is 1. The number of unbranched alkanes of at least 4 members (excludes halogenated alkanes) is 1. The van der Waals surface area contributed by atoms with Gasteiger partial charge in [0.1, 0.15) is 0 Å². The fraction of sp³-hybridized carbons (Fsp3) is 0.667. The second-order valence-corrected chi connectivity index (χ2v) is 6.44. The Kier molecular flexibility index (Phi) is 7.49. The highest BCUT2D eigenvalue weighted by Gasteiger charge is 2.17. The Hall–Kier alpha value is -1.46. The van der Waals surface area contributed by atoms with Gasteiger partial charge in [-0.2, -0.15) is 0 Å². The van der Waals surface area contributed by atoms with Gasteiger partial charge in [0.25, 0.3) is 0 Å². The summed E-state index contributed by atoms with van der Waals surface area (Å²) in [6.45, 7) is 7.34. The summed E-state index contributed by atoms with van der Waals surface area (Å²) in [5.74, 6) is 0.147. The van der Waals surface area contributed by atoms with E-state index in [2.05, 4.69) is 34.1 Å². The summed E-state index contributed by atoms with van der Waals surface area (Å²) in [6.07, 6.45) is 7.43. The van der Waals surface area contributed by atoms with Crippen LogP contribution in [0, 0.1) is 0 Å². The van der Waals surface area contributed by atoms with Gasteiger partial charge in [0, 0.05) is 51.5 Å². The van der Waals surface area contributed by atoms with Gasteiger partial charge in [0.2, 0.25) is 5.91 Å². The van der Waals surface area contributed by atoms with Crippen molar-refractivity contribution in [3.05, 3.63) is 30.1 Å². The summed E-state index contributed by atoms with van der Waals surface area (Å²) >= 11 is 0. The smallest absolute Gasteiger partial charge is 0.221 e. The normalized spacial score (nSPS) is 17.8. The highest BCUT2D eigenvalue weighted by molar-refractivity contribution is 5.76. The zero-order valence-corrected chi connectivity index (χ0v) is 14.5. The fourth-order valence-corrected chi connectivity index (χ4v) is 2.91. The summed E-state index contributed by atoms with van der Waals surface area (Å²) < 4.78 is 0. The van der Waals surface area contributed by atoms with E-state index in [-0.39, 0.29) is 11.9 Å². The topological polar surface area (TPSA) is 48.5 Å². The minimum absolute atomic E-state index is 0.0867. The van der Waals surface area contributed by atoms with Gasteiger partial charge in [-0.25, -0.2) is 0 Å². The number of hydrogen-bond donors (Lipinski definition) is 1. The third-order valence-electron chi connectivity index (χ3n) is 4.52. The second kappa shape index (κ2) is 9.63. The molecule has 2 heterocycles. The molecule has 1 amide bonds. The van der Waals surface area contributed by atoms with Gasteiger partial charge in [0.05, 0.1) is 6.04 Å². The lowest BCUT2D eigenvalue weighted by Gasteiger charge is -2.32. The molecule has 0 bridgehead atoms. The van der Waals surface area contributed by atoms with Gasteiger partial charge in [-0.1, -0.05) is 25.8 Å². The van der Waals surface area contributed by atoms with Gasteiger partial charge in [0.15, 0.2) is 0 Å². The number of hydrogen-bond acceptors (Lipinski definition) is 4. The fourth-order valence-electron chi connectivity index (χ4n) is 2.91. The van der Waals surface area contributed by atoms with Crippen molar-refractivity contribution in [2.75, 3.05) is 39.8 Å². The molecule has 1 fully saturated rings. The molecule has 128 valence electrons. The molecule has 2 rings (SSSR count). The molecule has 1 aromatic rings. The number of amides is 1. The lowest BCUT2D eigenvalue weighted by Crippen LogP contribution is -2.45. The van der Waals surface area contributed by atoms with Crippen LogP contribution in [0.4, 0.5) is 0 Å². The molecule has 1 unspecified atom stereocenters. The molecular weight excluding hydrogens is 288 g/mol. The number of nitrogens with zero attached hydrogens (tertiary/aromatic N) is 3. The van der Waals surface area contributed by atoms with E-state index in [0.717, 1.165) is 57.5 Å². The van der Waals surface area contributed by atoms with Crippen molar-refractivity contribution in [2.24, 2.45) is 0 Å². The van der Waals surface area contributed by atoms with Gasteiger partial charge in [-0.3, -0.25) is 9.78 Å². The summed E-state index contributed by atoms with van der Waals surface area (Å²) in [4.78, 5) is 21.2. The molecule has 5 nitrogen and oxygen atoms in total. The zero-order valence-electron chi connectivity index (χ0n) is 14.5. The first-order chi connectivity index (χ1) is 11.2. The third kappa shape index (κ3) is 6.28. The van der Waals surface area contributed by atoms with Gasteiger partial charge in [-0.05, 0) is 25.1 Å². The van der Waals surface area contributed by atoms with Crippen molar-refractivity contribution in [1.29, 1.82) is 0 Å². The van der Waals surface area contributed by atoms with E-state index < -0.39 is 0 Å². The van der Waals surface area contributed by atoms with E-state index in [4.69, 9.17) is 0 Å². The van der Waals surface area contributed by atoms with Crippen LogP contribution < -0.4 is 5.32 Å². The van der Waals surface area contributed by atoms with Crippen LogP contribution in [0.25, 0.3) is 0 Å². The van der Waals surface area contributed by atoms with Crippen LogP contribution in [0.3, 0.4) is 0 Å². The Labute approximate surface area is 140 Å². The van der Waals surface area contributed by atoms with Crippen molar-refractivity contribution in [2.45, 2.75) is 38.6 Å². The highest BCUT2D eigenvalue weighted by atomic mass is 16.1. The maximum atomic E-state index is 12.3. The first-order valence-electron chi connectivity index (χ1n) is 8.79. The summed E-state index contributed by atoms with van der Waals surface area (Å²) in [5.41, 5.74) is 1.11. The number of piperazine rings is 1. The lowest BCUT2D eigenvalue weighted by molar-refractivity contribution is -0.122. The molecular formula is C18H30N4O. The van der Waals surface area contributed by atoms with E-state index in [9.17, 15) is 4.79 Å². The number of carbonyl (C=O) groups is 1. The Morgan fingerprint density at radius 3 is 2.78 bits per heavy atom. The van der Waals surface area contributed by atoms with E-state index in [1.165, 1.54) is 0 Å². The quantitative estimate of drug-likeness (QED) is 0.797. The number of pyridine rings is 1. The first kappa shape index (κ1) is 17.9. The number of carbonyl (C=O) groups excluding carboxylic acids is 1. The minimum atomic E-state index is 0.0867. The summed E-state index contributed by atoms with van der Waals surface area (Å²) in [7, 11) is 2.15. The van der Waals surface area contributed by atoms with Crippen LogP contribution >= 0.6 is 0 Å². The molecule has 0 aliphatic carbocycles. The average molecular weight is 318 g/mol. The van der Waals surface area contributed by atoms with Crippen LogP contribution in [0.5, 0.6) is 0 Å². The Morgan fingerprint density at radius 1 is 1.35 bits per heavy atom. The number of aromatic nitrogens is 1. The Morgan fingerprint density at radius 2 is 2.13 bits per heavy atom. The van der Waals surface area contributed by atoms with Crippen molar-refractivity contribution in [3.8, 4) is 0 Å². The molecule has 1 N–H and O–H groups in total. The zero-order chi connectivity index (χ0) is 16.5. The molecule has 1 aliphatic heterocycles. The molecule has 1 atom stereocenters. The van der Waals surface area contributed by atoms with E-state index in [1.807, 2.05) is 18.3 Å². The molecule has 1 saturated heterocycles. The maximum absolute atomic E-state index is 12.3. The van der Waals surface area contributed by atoms with E-state index >= 15 is 0 Å². The summed E-state index contributed by atoms with van der Waals surface area (Å²) in [5, 5.41) is 3.20. The second-order valence-electron chi connectivity index (χ2n) is 6.44. The SMILES string of the molecule is CCCCC(NC(=O)CCN1CCN(C)CC1)c1cccnc1. The minimum Gasteiger partial charge on any atom is -0.349 e. The van der Waals surface area contributed by atoms with Crippen molar-refractivity contribution in [1.82, 2.24) is 20.1 Å². The monoisotopic (exact) mass is 318 g/mol. The van der Waals surface area contributed by atoms with Gasteiger partial charge in [-0.15, -0.1) is 0 Å². The third-order valence-corrected chi connectivity index (χ3v) is 4.52. The maximum Gasteiger partial charge on any atom is 0.221 e. The van der Waals surface area contributed by atoms with Crippen molar-refractivity contribution in [3.63, 3.8) is 0 Å². The van der Waals surface area contributed by atoms with Crippen LogP contribution in [0.2, 0.25) is 0 Å². The van der Waals surface area contributed by atoms with Crippen molar-refractivity contribution < 1.29 is 4.79 Å². The van der Waals surface area contributed by atoms with E-state index in [0.29, 0.717) is 6.42 Å². The standard InChI is InChI=1S/C18H30N4O/c1-3-4-7-17(16-6-5-9-19-15-16)20-18(23)8-10-22-13-11-21(2)12-14-22/h5-6,9,15,17H,3-4,7-8,10-14H2,1-2H3,(H,20,23). The Balaban J connectivity index is 1.80. The summed E-state index contributed by atoms with van der Waals surface area (Å²) in [6, 6.07) is 4.07. The molecule has 0 spiro atoms. The van der Waals surface area contributed by atoms with Gasteiger partial charge >= 0.3 is 0 Å². The lowest BCUT2D eigenvalue weighted by atomic mass is 10.0. The molecule has 23 heavy (non-hydrogen) atoms. The molecule has 1 aliphatic rings. The van der Waals surface area contributed by atoms with Crippen molar-refractivity contribution >= 4 is 5.91 Å². The molecule has 5 heteroatoms. The average Bonchev–Trinajstić information content (AvgIpc) is 2.59.